The van der Waals surface area contributed by atoms with Crippen LogP contribution >= 0.6 is 0 Å². The first-order valence-corrected chi connectivity index (χ1v) is 6.80. The number of nitrogens with one attached hydrogen (secondary N) is 2. The maximum atomic E-state index is 5.59. The Labute approximate surface area is 113 Å². The van der Waals surface area contributed by atoms with Crippen LogP contribution in [-0.2, 0) is 9.47 Å². The van der Waals surface area contributed by atoms with Gasteiger partial charge in [-0.3, -0.25) is 0 Å². The molecule has 1 aromatic heterocycles. The van der Waals surface area contributed by atoms with Gasteiger partial charge in [0.25, 0.3) is 0 Å². The van der Waals surface area contributed by atoms with E-state index in [-0.39, 0.29) is 6.10 Å². The molecule has 0 aliphatic carbocycles. The molecule has 0 radical (unpaired) electrons. The second-order valence-electron chi connectivity index (χ2n) is 4.60. The largest absolute Gasteiger partial charge is 0.376 e. The quantitative estimate of drug-likeness (QED) is 0.812. The fourth-order valence-electron chi connectivity index (χ4n) is 1.81. The summed E-state index contributed by atoms with van der Waals surface area (Å²) in [6, 6.07) is 0. The van der Waals surface area contributed by atoms with Crippen LogP contribution in [0.3, 0.4) is 0 Å². The van der Waals surface area contributed by atoms with Gasteiger partial charge in [0.1, 0.15) is 5.82 Å². The third-order valence-electron chi connectivity index (χ3n) is 2.89. The number of rotatable bonds is 6. The lowest BCUT2D eigenvalue weighted by Gasteiger charge is -2.23. The van der Waals surface area contributed by atoms with Gasteiger partial charge in [0, 0.05) is 24.8 Å². The summed E-state index contributed by atoms with van der Waals surface area (Å²) < 4.78 is 11.0. The first-order chi connectivity index (χ1) is 9.29. The predicted octanol–water partition coefficient (Wildman–Crippen LogP) is 1.43. The van der Waals surface area contributed by atoms with Crippen molar-refractivity contribution in [1.82, 2.24) is 9.97 Å². The maximum absolute atomic E-state index is 5.59. The smallest absolute Gasteiger partial charge is 0.224 e. The van der Waals surface area contributed by atoms with E-state index in [2.05, 4.69) is 27.5 Å². The van der Waals surface area contributed by atoms with Crippen molar-refractivity contribution in [2.75, 3.05) is 43.5 Å². The Hall–Kier alpha value is -1.40. The molecule has 6 heteroatoms. The van der Waals surface area contributed by atoms with Gasteiger partial charge in [0.2, 0.25) is 5.95 Å². The van der Waals surface area contributed by atoms with Gasteiger partial charge in [0.05, 0.1) is 25.9 Å². The lowest BCUT2D eigenvalue weighted by Crippen LogP contribution is -2.34. The van der Waals surface area contributed by atoms with Gasteiger partial charge in [-0.1, -0.05) is 6.92 Å². The molecule has 0 amide bonds. The van der Waals surface area contributed by atoms with E-state index in [4.69, 9.17) is 9.47 Å². The number of hydrogen-bond donors (Lipinski definition) is 2. The molecule has 2 rings (SSSR count). The van der Waals surface area contributed by atoms with E-state index in [9.17, 15) is 0 Å². The summed E-state index contributed by atoms with van der Waals surface area (Å²) in [4.78, 5) is 8.72. The van der Waals surface area contributed by atoms with Crippen LogP contribution in [0.15, 0.2) is 6.20 Å². The fourth-order valence-corrected chi connectivity index (χ4v) is 1.81. The molecule has 6 nitrogen and oxygen atoms in total. The van der Waals surface area contributed by atoms with Gasteiger partial charge >= 0.3 is 0 Å². The second kappa shape index (κ2) is 7.25. The maximum Gasteiger partial charge on any atom is 0.224 e. The molecule has 0 bridgehead atoms. The summed E-state index contributed by atoms with van der Waals surface area (Å²) >= 11 is 0. The highest BCUT2D eigenvalue weighted by Gasteiger charge is 2.14. The predicted molar refractivity (Wildman–Crippen MR) is 74.6 cm³/mol. The average Bonchev–Trinajstić information content (AvgIpc) is 2.46. The molecule has 0 saturated carbocycles. The summed E-state index contributed by atoms with van der Waals surface area (Å²) in [6.45, 7) is 7.67. The highest BCUT2D eigenvalue weighted by Crippen LogP contribution is 2.13. The van der Waals surface area contributed by atoms with Gasteiger partial charge in [-0.2, -0.15) is 4.98 Å². The van der Waals surface area contributed by atoms with Crippen LogP contribution in [0.1, 0.15) is 18.9 Å². The van der Waals surface area contributed by atoms with Crippen LogP contribution < -0.4 is 10.6 Å². The van der Waals surface area contributed by atoms with E-state index in [1.54, 1.807) is 0 Å². The molecule has 19 heavy (non-hydrogen) atoms. The molecular weight excluding hydrogens is 244 g/mol. The Morgan fingerprint density at radius 3 is 3.00 bits per heavy atom. The SMILES string of the molecule is CCCNc1ncc(C)c(NCC2COCCO2)n1. The van der Waals surface area contributed by atoms with E-state index in [0.717, 1.165) is 24.3 Å². The molecule has 1 unspecified atom stereocenters. The highest BCUT2D eigenvalue weighted by atomic mass is 16.6. The van der Waals surface area contributed by atoms with Crippen LogP contribution in [0.25, 0.3) is 0 Å². The zero-order valence-corrected chi connectivity index (χ0v) is 11.6. The topological polar surface area (TPSA) is 68.3 Å². The average molecular weight is 266 g/mol. The van der Waals surface area contributed by atoms with Crippen molar-refractivity contribution in [2.45, 2.75) is 26.4 Å². The van der Waals surface area contributed by atoms with Gasteiger partial charge in [-0.25, -0.2) is 4.98 Å². The molecule has 1 atom stereocenters. The highest BCUT2D eigenvalue weighted by molar-refractivity contribution is 5.46. The number of aryl methyl sites for hydroxylation is 1. The first-order valence-electron chi connectivity index (χ1n) is 6.80. The van der Waals surface area contributed by atoms with Crippen molar-refractivity contribution >= 4 is 11.8 Å². The van der Waals surface area contributed by atoms with Crippen molar-refractivity contribution in [3.8, 4) is 0 Å². The Kier molecular flexibility index (Phi) is 5.35. The van der Waals surface area contributed by atoms with Crippen molar-refractivity contribution in [3.05, 3.63) is 11.8 Å². The minimum atomic E-state index is 0.0927. The van der Waals surface area contributed by atoms with Gasteiger partial charge < -0.3 is 20.1 Å². The molecule has 1 aliphatic heterocycles. The van der Waals surface area contributed by atoms with E-state index in [1.807, 2.05) is 13.1 Å². The Morgan fingerprint density at radius 2 is 2.26 bits per heavy atom. The van der Waals surface area contributed by atoms with Crippen LogP contribution in [0.2, 0.25) is 0 Å². The Bertz CT molecular complexity index is 394. The zero-order chi connectivity index (χ0) is 13.5. The molecule has 2 N–H and O–H groups in total. The van der Waals surface area contributed by atoms with E-state index < -0.39 is 0 Å². The fraction of sp³-hybridized carbons (Fsp3) is 0.692. The molecule has 1 fully saturated rings. The summed E-state index contributed by atoms with van der Waals surface area (Å²) in [5.74, 6) is 1.51. The molecule has 1 aliphatic rings. The molecular formula is C13H22N4O2. The minimum absolute atomic E-state index is 0.0927. The normalized spacial score (nSPS) is 19.2. The summed E-state index contributed by atoms with van der Waals surface area (Å²) in [5, 5.41) is 6.49. The monoisotopic (exact) mass is 266 g/mol. The van der Waals surface area contributed by atoms with Crippen LogP contribution in [0.5, 0.6) is 0 Å². The molecule has 0 spiro atoms. The molecule has 0 aromatic carbocycles. The third-order valence-corrected chi connectivity index (χ3v) is 2.89. The second-order valence-corrected chi connectivity index (χ2v) is 4.60. The number of aromatic nitrogens is 2. The van der Waals surface area contributed by atoms with Gasteiger partial charge in [-0.15, -0.1) is 0 Å². The number of hydrogen-bond acceptors (Lipinski definition) is 6. The molecule has 2 heterocycles. The van der Waals surface area contributed by atoms with Crippen LogP contribution in [0, 0.1) is 6.92 Å². The molecule has 1 aromatic rings. The zero-order valence-electron chi connectivity index (χ0n) is 11.6. The van der Waals surface area contributed by atoms with E-state index >= 15 is 0 Å². The van der Waals surface area contributed by atoms with E-state index in [1.165, 1.54) is 0 Å². The van der Waals surface area contributed by atoms with Crippen LogP contribution in [-0.4, -0.2) is 49.0 Å². The van der Waals surface area contributed by atoms with Crippen molar-refractivity contribution < 1.29 is 9.47 Å². The standard InChI is InChI=1S/C13H22N4O2/c1-3-4-14-13-16-7-10(2)12(17-13)15-8-11-9-18-5-6-19-11/h7,11H,3-6,8-9H2,1-2H3,(H2,14,15,16,17). The number of anilines is 2. The van der Waals surface area contributed by atoms with Crippen molar-refractivity contribution in [2.24, 2.45) is 0 Å². The number of ether oxygens (including phenoxy) is 2. The summed E-state index contributed by atoms with van der Waals surface area (Å²) in [7, 11) is 0. The van der Waals surface area contributed by atoms with Crippen LogP contribution in [0.4, 0.5) is 11.8 Å². The molecule has 106 valence electrons. The van der Waals surface area contributed by atoms with E-state index in [0.29, 0.717) is 32.3 Å². The summed E-state index contributed by atoms with van der Waals surface area (Å²) in [6.07, 6.45) is 2.97. The van der Waals surface area contributed by atoms with Crippen molar-refractivity contribution in [1.29, 1.82) is 0 Å². The first kappa shape index (κ1) is 14.0. The minimum Gasteiger partial charge on any atom is -0.376 e. The third kappa shape index (κ3) is 4.33. The summed E-state index contributed by atoms with van der Waals surface area (Å²) in [5.41, 5.74) is 1.03. The Balaban J connectivity index is 1.90. The number of nitrogens with zero attached hydrogens (tertiary/aromatic N) is 2. The van der Waals surface area contributed by atoms with Gasteiger partial charge in [-0.05, 0) is 13.3 Å². The van der Waals surface area contributed by atoms with Crippen molar-refractivity contribution in [3.63, 3.8) is 0 Å². The lowest BCUT2D eigenvalue weighted by atomic mass is 10.3. The Morgan fingerprint density at radius 1 is 1.37 bits per heavy atom. The van der Waals surface area contributed by atoms with Gasteiger partial charge in [0.15, 0.2) is 0 Å². The lowest BCUT2D eigenvalue weighted by molar-refractivity contribution is -0.0819. The molecule has 1 saturated heterocycles.